The molecule has 1 N–H and O–H groups in total. The highest BCUT2D eigenvalue weighted by molar-refractivity contribution is 7.91. The van der Waals surface area contributed by atoms with Gasteiger partial charge < -0.3 is 14.4 Å². The van der Waals surface area contributed by atoms with Gasteiger partial charge in [-0.2, -0.15) is 0 Å². The summed E-state index contributed by atoms with van der Waals surface area (Å²) in [6, 6.07) is 17.8. The number of anilines is 1. The van der Waals surface area contributed by atoms with E-state index in [0.29, 0.717) is 36.7 Å². The molecule has 1 aliphatic rings. The van der Waals surface area contributed by atoms with Gasteiger partial charge in [-0.05, 0) is 48.2 Å². The number of aromatic nitrogens is 1. The second-order valence-electron chi connectivity index (χ2n) is 10.4. The molecular weight excluding hydrogens is 528 g/mol. The molecule has 0 spiro atoms. The maximum atomic E-state index is 13.6. The number of carbonyl (C=O) groups is 1. The largest absolute Gasteiger partial charge is 0.491 e. The molecule has 2 aromatic carbocycles. The fourth-order valence-electron chi connectivity index (χ4n) is 4.87. The predicted molar refractivity (Wildman–Crippen MR) is 156 cm³/mol. The minimum atomic E-state index is -3.70. The van der Waals surface area contributed by atoms with Gasteiger partial charge in [-0.15, -0.1) is 0 Å². The highest BCUT2D eigenvalue weighted by atomic mass is 32.2. The third-order valence-corrected chi connectivity index (χ3v) is 8.42. The van der Waals surface area contributed by atoms with Gasteiger partial charge in [0.2, 0.25) is 10.0 Å². The minimum absolute atomic E-state index is 0.0179. The Labute approximate surface area is 237 Å². The molecule has 10 heteroatoms. The second-order valence-corrected chi connectivity index (χ2v) is 12.2. The topological polar surface area (TPSA) is 101 Å². The Morgan fingerprint density at radius 2 is 1.80 bits per heavy atom. The van der Waals surface area contributed by atoms with Crippen LogP contribution in [0.25, 0.3) is 0 Å². The molecule has 0 radical (unpaired) electrons. The highest BCUT2D eigenvalue weighted by Gasteiger charge is 2.29. The number of fused-ring (bicyclic) bond motifs is 1. The van der Waals surface area contributed by atoms with Crippen molar-refractivity contribution in [3.8, 4) is 5.75 Å². The summed E-state index contributed by atoms with van der Waals surface area (Å²) in [6.45, 7) is 6.37. The molecule has 214 valence electrons. The van der Waals surface area contributed by atoms with Gasteiger partial charge >= 0.3 is 0 Å². The number of nitrogens with one attached hydrogen (secondary N) is 1. The van der Waals surface area contributed by atoms with E-state index in [-0.39, 0.29) is 35.3 Å². The van der Waals surface area contributed by atoms with Gasteiger partial charge in [0.1, 0.15) is 12.4 Å². The van der Waals surface area contributed by atoms with Crippen molar-refractivity contribution in [1.29, 1.82) is 0 Å². The van der Waals surface area contributed by atoms with Gasteiger partial charge in [-0.3, -0.25) is 19.4 Å². The summed E-state index contributed by atoms with van der Waals surface area (Å²) in [4.78, 5) is 21.8. The molecular formula is C30H38N4O5S. The van der Waals surface area contributed by atoms with Crippen molar-refractivity contribution in [3.63, 3.8) is 0 Å². The maximum Gasteiger partial charge on any atom is 0.257 e. The Kier molecular flexibility index (Phi) is 9.78. The van der Waals surface area contributed by atoms with Crippen LogP contribution in [0.2, 0.25) is 0 Å². The molecule has 0 unspecified atom stereocenters. The van der Waals surface area contributed by atoms with Crippen LogP contribution in [0.15, 0.2) is 73.1 Å². The van der Waals surface area contributed by atoms with Crippen molar-refractivity contribution in [2.75, 3.05) is 38.6 Å². The Balaban J connectivity index is 1.61. The van der Waals surface area contributed by atoms with Gasteiger partial charge in [0.05, 0.1) is 17.4 Å². The van der Waals surface area contributed by atoms with E-state index < -0.39 is 10.0 Å². The number of amides is 1. The lowest BCUT2D eigenvalue weighted by Crippen LogP contribution is -2.46. The summed E-state index contributed by atoms with van der Waals surface area (Å²) in [5.74, 6) is 0.0780. The number of methoxy groups -OCH3 is 1. The van der Waals surface area contributed by atoms with E-state index in [1.165, 1.54) is 0 Å². The first-order valence-corrected chi connectivity index (χ1v) is 15.0. The highest BCUT2D eigenvalue weighted by Crippen LogP contribution is 2.27. The average Bonchev–Trinajstić information content (AvgIpc) is 2.94. The zero-order valence-electron chi connectivity index (χ0n) is 23.5. The molecule has 1 aromatic heterocycles. The molecule has 1 aliphatic heterocycles. The number of ether oxygens (including phenoxy) is 2. The Morgan fingerprint density at radius 1 is 1.05 bits per heavy atom. The van der Waals surface area contributed by atoms with Crippen molar-refractivity contribution in [2.45, 2.75) is 38.3 Å². The van der Waals surface area contributed by atoms with Crippen molar-refractivity contribution < 1.29 is 22.7 Å². The van der Waals surface area contributed by atoms with E-state index in [1.807, 2.05) is 18.3 Å². The van der Waals surface area contributed by atoms with E-state index in [2.05, 4.69) is 34.5 Å². The lowest BCUT2D eigenvalue weighted by atomic mass is 10.0. The first-order chi connectivity index (χ1) is 19.1. The molecule has 0 saturated carbocycles. The lowest BCUT2D eigenvalue weighted by molar-refractivity contribution is 0.00920. The third kappa shape index (κ3) is 7.80. The normalized spacial score (nSPS) is 21.1. The molecule has 2 heterocycles. The first-order valence-electron chi connectivity index (χ1n) is 13.4. The summed E-state index contributed by atoms with van der Waals surface area (Å²) >= 11 is 0. The number of likely N-dealkylation sites (N-methyl/N-ethyl adjacent to an activating group) is 1. The third-order valence-electron chi connectivity index (χ3n) is 7.16. The molecule has 9 nitrogen and oxygen atoms in total. The number of nitrogens with zero attached hydrogens (tertiary/aromatic N) is 3. The molecule has 0 bridgehead atoms. The number of benzene rings is 2. The van der Waals surface area contributed by atoms with Crippen LogP contribution in [-0.4, -0.2) is 75.1 Å². The minimum Gasteiger partial charge on any atom is -0.491 e. The Bertz CT molecular complexity index is 1370. The zero-order valence-corrected chi connectivity index (χ0v) is 24.3. The summed E-state index contributed by atoms with van der Waals surface area (Å²) in [5.41, 5.74) is 2.36. The summed E-state index contributed by atoms with van der Waals surface area (Å²) < 4.78 is 40.4. The smallest absolute Gasteiger partial charge is 0.257 e. The van der Waals surface area contributed by atoms with Gasteiger partial charge in [-0.25, -0.2) is 8.42 Å². The van der Waals surface area contributed by atoms with E-state index in [9.17, 15) is 13.2 Å². The molecule has 4 rings (SSSR count). The van der Waals surface area contributed by atoms with Crippen LogP contribution >= 0.6 is 0 Å². The van der Waals surface area contributed by atoms with Gasteiger partial charge in [0, 0.05) is 57.9 Å². The molecule has 40 heavy (non-hydrogen) atoms. The number of hydrogen-bond donors (Lipinski definition) is 1. The van der Waals surface area contributed by atoms with Crippen molar-refractivity contribution in [3.05, 3.63) is 89.7 Å². The standard InChI is InChI=1S/C30H38N4O5S/c1-22-17-34(18-25-11-8-14-31-16-25)23(2)20-39-28-13-12-26(15-27(28)30(35)33(3)19-29(22)38-4)32-40(36,37)21-24-9-6-5-7-10-24/h5-16,22-23,29,32H,17-21H2,1-4H3/t22-,23-,29-/m1/s1. The van der Waals surface area contributed by atoms with Crippen LogP contribution in [0.1, 0.15) is 35.3 Å². The van der Waals surface area contributed by atoms with Crippen LogP contribution in [0.5, 0.6) is 5.75 Å². The predicted octanol–water partition coefficient (Wildman–Crippen LogP) is 4.03. The van der Waals surface area contributed by atoms with Crippen LogP contribution in [0.3, 0.4) is 0 Å². The van der Waals surface area contributed by atoms with Crippen molar-refractivity contribution in [1.82, 2.24) is 14.8 Å². The summed E-state index contributed by atoms with van der Waals surface area (Å²) in [6.07, 6.45) is 3.42. The van der Waals surface area contributed by atoms with Gasteiger partial charge in [-0.1, -0.05) is 43.3 Å². The van der Waals surface area contributed by atoms with Gasteiger partial charge in [0.15, 0.2) is 0 Å². The Hall–Kier alpha value is -3.47. The number of carbonyl (C=O) groups excluding carboxylic acids is 1. The number of pyridine rings is 1. The average molecular weight is 567 g/mol. The molecule has 0 saturated heterocycles. The number of hydrogen-bond acceptors (Lipinski definition) is 7. The van der Waals surface area contributed by atoms with E-state index in [0.717, 1.165) is 12.1 Å². The van der Waals surface area contributed by atoms with E-state index >= 15 is 0 Å². The van der Waals surface area contributed by atoms with Crippen LogP contribution in [-0.2, 0) is 27.1 Å². The SMILES string of the molecule is CO[C@@H]1CN(C)C(=O)c2cc(NS(=O)(=O)Cc3ccccc3)ccc2OC[C@@H](C)N(Cc2cccnc2)C[C@H]1C. The van der Waals surface area contributed by atoms with Crippen molar-refractivity contribution >= 4 is 21.6 Å². The van der Waals surface area contributed by atoms with Gasteiger partial charge in [0.25, 0.3) is 5.91 Å². The molecule has 3 atom stereocenters. The molecule has 3 aromatic rings. The molecule has 0 aliphatic carbocycles. The van der Waals surface area contributed by atoms with Crippen LogP contribution in [0.4, 0.5) is 5.69 Å². The fraction of sp³-hybridized carbons (Fsp3) is 0.400. The summed E-state index contributed by atoms with van der Waals surface area (Å²) in [7, 11) is -0.314. The zero-order chi connectivity index (χ0) is 28.7. The lowest BCUT2D eigenvalue weighted by Gasteiger charge is -2.36. The molecule has 0 fully saturated rings. The Morgan fingerprint density at radius 3 is 2.50 bits per heavy atom. The fourth-order valence-corrected chi connectivity index (χ4v) is 6.06. The van der Waals surface area contributed by atoms with E-state index in [4.69, 9.17) is 9.47 Å². The van der Waals surface area contributed by atoms with Crippen LogP contribution < -0.4 is 9.46 Å². The van der Waals surface area contributed by atoms with Crippen LogP contribution in [0, 0.1) is 5.92 Å². The molecule has 1 amide bonds. The quantitative estimate of drug-likeness (QED) is 0.461. The maximum absolute atomic E-state index is 13.6. The number of rotatable bonds is 7. The van der Waals surface area contributed by atoms with Crippen molar-refractivity contribution in [2.24, 2.45) is 5.92 Å². The first kappa shape index (κ1) is 29.5. The monoisotopic (exact) mass is 566 g/mol. The number of sulfonamides is 1. The van der Waals surface area contributed by atoms with E-state index in [1.54, 1.807) is 67.7 Å². The second kappa shape index (κ2) is 13.3. The summed E-state index contributed by atoms with van der Waals surface area (Å²) in [5, 5.41) is 0.